The molecule has 1 aromatic carbocycles. The molecule has 3 rings (SSSR count). The molecular formula is C16H18N2O4S. The third-order valence-electron chi connectivity index (χ3n) is 3.98. The van der Waals surface area contributed by atoms with E-state index < -0.39 is 4.92 Å². The highest BCUT2D eigenvalue weighted by molar-refractivity contribution is 7.15. The lowest BCUT2D eigenvalue weighted by molar-refractivity contribution is -0.384. The van der Waals surface area contributed by atoms with Crippen LogP contribution < -0.4 is 5.32 Å². The quantitative estimate of drug-likeness (QED) is 0.600. The van der Waals surface area contributed by atoms with Crippen molar-refractivity contribution in [2.24, 2.45) is 5.41 Å². The normalized spacial score (nSPS) is 16.0. The smallest absolute Gasteiger partial charge is 0.269 e. The van der Waals surface area contributed by atoms with Gasteiger partial charge in [0.25, 0.3) is 5.69 Å². The number of nitro groups is 1. The van der Waals surface area contributed by atoms with E-state index >= 15 is 0 Å². The third kappa shape index (κ3) is 3.59. The summed E-state index contributed by atoms with van der Waals surface area (Å²) >= 11 is 1.66. The fourth-order valence-corrected chi connectivity index (χ4v) is 3.45. The van der Waals surface area contributed by atoms with Gasteiger partial charge in [0.05, 0.1) is 30.2 Å². The summed E-state index contributed by atoms with van der Waals surface area (Å²) in [6, 6.07) is 10.7. The number of hydrogen-bond donors (Lipinski definition) is 2. The van der Waals surface area contributed by atoms with Gasteiger partial charge in [-0.1, -0.05) is 0 Å². The molecular weight excluding hydrogens is 316 g/mol. The van der Waals surface area contributed by atoms with E-state index in [1.54, 1.807) is 23.5 Å². The molecule has 0 saturated carbocycles. The van der Waals surface area contributed by atoms with Gasteiger partial charge in [0, 0.05) is 35.0 Å². The Balaban J connectivity index is 1.58. The van der Waals surface area contributed by atoms with Gasteiger partial charge in [-0.15, -0.1) is 11.3 Å². The second kappa shape index (κ2) is 6.76. The SMILES string of the molecule is O=[N+]([O-])c1ccc(-c2ccc(CNCC3(CO)COC3)s2)cc1. The first-order valence-electron chi connectivity index (χ1n) is 7.35. The molecule has 2 aromatic rings. The molecule has 2 N–H and O–H groups in total. The lowest BCUT2D eigenvalue weighted by Gasteiger charge is -2.39. The van der Waals surface area contributed by atoms with Crippen LogP contribution in [0, 0.1) is 15.5 Å². The van der Waals surface area contributed by atoms with E-state index in [4.69, 9.17) is 4.74 Å². The molecule has 1 aliphatic heterocycles. The molecule has 0 amide bonds. The highest BCUT2D eigenvalue weighted by Crippen LogP contribution is 2.30. The van der Waals surface area contributed by atoms with E-state index in [1.165, 1.54) is 17.0 Å². The van der Waals surface area contributed by atoms with Crippen molar-refractivity contribution >= 4 is 17.0 Å². The van der Waals surface area contributed by atoms with E-state index in [1.807, 2.05) is 6.07 Å². The monoisotopic (exact) mass is 334 g/mol. The molecule has 1 aromatic heterocycles. The fraction of sp³-hybridized carbons (Fsp3) is 0.375. The molecule has 0 spiro atoms. The van der Waals surface area contributed by atoms with Gasteiger partial charge in [-0.2, -0.15) is 0 Å². The molecule has 0 bridgehead atoms. The molecule has 1 saturated heterocycles. The Morgan fingerprint density at radius 3 is 2.57 bits per heavy atom. The van der Waals surface area contributed by atoms with Crippen LogP contribution in [0.2, 0.25) is 0 Å². The third-order valence-corrected chi connectivity index (χ3v) is 5.11. The number of nitro benzene ring substituents is 1. The summed E-state index contributed by atoms with van der Waals surface area (Å²) in [5.41, 5.74) is 0.952. The highest BCUT2D eigenvalue weighted by atomic mass is 32.1. The topological polar surface area (TPSA) is 84.6 Å². The van der Waals surface area contributed by atoms with Gasteiger partial charge in [-0.25, -0.2) is 0 Å². The van der Waals surface area contributed by atoms with Crippen molar-refractivity contribution < 1.29 is 14.8 Å². The summed E-state index contributed by atoms with van der Waals surface area (Å²) in [4.78, 5) is 12.6. The van der Waals surface area contributed by atoms with Crippen LogP contribution in [0.25, 0.3) is 10.4 Å². The van der Waals surface area contributed by atoms with Crippen molar-refractivity contribution in [3.63, 3.8) is 0 Å². The van der Waals surface area contributed by atoms with E-state index in [2.05, 4.69) is 11.4 Å². The van der Waals surface area contributed by atoms with Crippen molar-refractivity contribution in [3.8, 4) is 10.4 Å². The Morgan fingerprint density at radius 1 is 1.26 bits per heavy atom. The maximum absolute atomic E-state index is 10.7. The lowest BCUT2D eigenvalue weighted by atomic mass is 9.87. The van der Waals surface area contributed by atoms with Crippen LogP contribution >= 0.6 is 11.3 Å². The van der Waals surface area contributed by atoms with Crippen LogP contribution in [0.1, 0.15) is 4.88 Å². The minimum Gasteiger partial charge on any atom is -0.396 e. The molecule has 1 fully saturated rings. The number of aliphatic hydroxyl groups is 1. The Labute approximate surface area is 137 Å². The number of nitrogens with zero attached hydrogens (tertiary/aromatic N) is 1. The zero-order chi connectivity index (χ0) is 16.3. The van der Waals surface area contributed by atoms with Gasteiger partial charge >= 0.3 is 0 Å². The number of ether oxygens (including phenoxy) is 1. The van der Waals surface area contributed by atoms with Crippen molar-refractivity contribution in [2.45, 2.75) is 6.54 Å². The summed E-state index contributed by atoms with van der Waals surface area (Å²) in [6.45, 7) is 2.82. The Hall–Kier alpha value is -1.80. The van der Waals surface area contributed by atoms with E-state index in [0.717, 1.165) is 23.5 Å². The van der Waals surface area contributed by atoms with Gasteiger partial charge in [0.15, 0.2) is 0 Å². The minimum absolute atomic E-state index is 0.101. The second-order valence-electron chi connectivity index (χ2n) is 5.82. The number of rotatable bonds is 7. The standard InChI is InChI=1S/C16H18N2O4S/c19-9-16(10-22-11-16)8-17-7-14-5-6-15(23-14)12-1-3-13(4-2-12)18(20)21/h1-6,17,19H,7-11H2. The molecule has 23 heavy (non-hydrogen) atoms. The van der Waals surface area contributed by atoms with Gasteiger partial charge < -0.3 is 15.2 Å². The lowest BCUT2D eigenvalue weighted by Crippen LogP contribution is -2.52. The van der Waals surface area contributed by atoms with Gasteiger partial charge in [0.2, 0.25) is 0 Å². The minimum atomic E-state index is -0.394. The Morgan fingerprint density at radius 2 is 2.00 bits per heavy atom. The summed E-state index contributed by atoms with van der Waals surface area (Å²) < 4.78 is 5.17. The maximum Gasteiger partial charge on any atom is 0.269 e. The number of thiophene rings is 1. The van der Waals surface area contributed by atoms with E-state index in [-0.39, 0.29) is 17.7 Å². The van der Waals surface area contributed by atoms with Crippen LogP contribution in [0.5, 0.6) is 0 Å². The van der Waals surface area contributed by atoms with Crippen LogP contribution in [0.3, 0.4) is 0 Å². The van der Waals surface area contributed by atoms with Gasteiger partial charge in [0.1, 0.15) is 0 Å². The van der Waals surface area contributed by atoms with Crippen LogP contribution in [-0.2, 0) is 11.3 Å². The number of benzene rings is 1. The molecule has 1 aliphatic rings. The highest BCUT2D eigenvalue weighted by Gasteiger charge is 2.37. The zero-order valence-corrected chi connectivity index (χ0v) is 13.3. The van der Waals surface area contributed by atoms with Crippen LogP contribution in [0.15, 0.2) is 36.4 Å². The summed E-state index contributed by atoms with van der Waals surface area (Å²) in [5.74, 6) is 0. The van der Waals surface area contributed by atoms with Crippen molar-refractivity contribution in [1.29, 1.82) is 0 Å². The largest absolute Gasteiger partial charge is 0.396 e. The first kappa shape index (κ1) is 16.1. The summed E-state index contributed by atoms with van der Waals surface area (Å²) in [7, 11) is 0. The van der Waals surface area contributed by atoms with Crippen LogP contribution in [0.4, 0.5) is 5.69 Å². The van der Waals surface area contributed by atoms with Crippen molar-refractivity contribution in [2.75, 3.05) is 26.4 Å². The first-order valence-corrected chi connectivity index (χ1v) is 8.16. The molecule has 6 nitrogen and oxygen atoms in total. The van der Waals surface area contributed by atoms with Crippen LogP contribution in [-0.4, -0.2) is 36.4 Å². The molecule has 7 heteroatoms. The molecule has 0 radical (unpaired) electrons. The molecule has 0 atom stereocenters. The second-order valence-corrected chi connectivity index (χ2v) is 6.99. The summed E-state index contributed by atoms with van der Waals surface area (Å²) in [5, 5.41) is 23.4. The number of nitrogens with one attached hydrogen (secondary N) is 1. The molecule has 0 unspecified atom stereocenters. The summed E-state index contributed by atoms with van der Waals surface area (Å²) in [6.07, 6.45) is 0. The number of hydrogen-bond acceptors (Lipinski definition) is 6. The molecule has 2 heterocycles. The fourth-order valence-electron chi connectivity index (χ4n) is 2.47. The molecule has 122 valence electrons. The Bertz CT molecular complexity index is 674. The van der Waals surface area contributed by atoms with E-state index in [0.29, 0.717) is 13.2 Å². The van der Waals surface area contributed by atoms with E-state index in [9.17, 15) is 15.2 Å². The maximum atomic E-state index is 10.7. The average Bonchev–Trinajstić information content (AvgIpc) is 2.99. The van der Waals surface area contributed by atoms with Crippen molar-refractivity contribution in [1.82, 2.24) is 5.32 Å². The molecule has 0 aliphatic carbocycles. The number of non-ortho nitro benzene ring substituents is 1. The predicted octanol–water partition coefficient (Wildman–Crippen LogP) is 2.42. The van der Waals surface area contributed by atoms with Crippen molar-refractivity contribution in [3.05, 3.63) is 51.4 Å². The first-order chi connectivity index (χ1) is 11.1. The average molecular weight is 334 g/mol. The zero-order valence-electron chi connectivity index (χ0n) is 12.5. The number of aliphatic hydroxyl groups excluding tert-OH is 1. The Kier molecular flexibility index (Phi) is 4.72. The predicted molar refractivity (Wildman–Crippen MR) is 88.5 cm³/mol. The van der Waals surface area contributed by atoms with Gasteiger partial charge in [-0.3, -0.25) is 10.1 Å². The van der Waals surface area contributed by atoms with Gasteiger partial charge in [-0.05, 0) is 29.8 Å².